The molecule has 0 spiro atoms. The van der Waals surface area contributed by atoms with Gasteiger partial charge >= 0.3 is 0 Å². The van der Waals surface area contributed by atoms with Crippen molar-refractivity contribution in [3.05, 3.63) is 41.8 Å². The molecule has 122 valence electrons. The first kappa shape index (κ1) is 15.7. The number of carbonyl (C=O) groups excluding carboxylic acids is 1. The molecule has 1 N–H and O–H groups in total. The molecule has 0 radical (unpaired) electrons. The molecule has 2 aromatic rings. The zero-order chi connectivity index (χ0) is 16.7. The molecule has 2 heterocycles. The lowest BCUT2D eigenvalue weighted by atomic mass is 10.0. The Hall–Kier alpha value is -2.15. The van der Waals surface area contributed by atoms with Crippen LogP contribution in [0.1, 0.15) is 29.6 Å². The molecular weight excluding hydrogens is 316 g/mol. The Morgan fingerprint density at radius 3 is 2.61 bits per heavy atom. The first-order valence-corrected chi connectivity index (χ1v) is 9.16. The molecule has 0 saturated carbocycles. The number of hydrogen-bond acceptors (Lipinski definition) is 5. The van der Waals surface area contributed by atoms with E-state index < -0.39 is 21.3 Å². The van der Waals surface area contributed by atoms with Crippen molar-refractivity contribution in [1.82, 2.24) is 10.3 Å². The number of hydrogen-bond donors (Lipinski definition) is 1. The zero-order valence-electron chi connectivity index (χ0n) is 13.0. The molecule has 0 aliphatic carbocycles. The lowest BCUT2D eigenvalue weighted by Gasteiger charge is -2.23. The minimum Gasteiger partial charge on any atom is -0.441 e. The van der Waals surface area contributed by atoms with E-state index in [1.54, 1.807) is 13.8 Å². The summed E-state index contributed by atoms with van der Waals surface area (Å²) in [5.41, 5.74) is 0.215. The molecule has 1 aromatic carbocycles. The van der Waals surface area contributed by atoms with Crippen LogP contribution in [0.15, 0.2) is 34.7 Å². The number of amides is 1. The number of nitrogens with zero attached hydrogens (tertiary/aromatic N) is 1. The molecule has 7 heteroatoms. The van der Waals surface area contributed by atoms with E-state index in [1.165, 1.54) is 0 Å². The summed E-state index contributed by atoms with van der Waals surface area (Å²) in [5, 5.41) is 2.79. The highest BCUT2D eigenvalue weighted by molar-refractivity contribution is 7.91. The van der Waals surface area contributed by atoms with Crippen LogP contribution in [0.3, 0.4) is 0 Å². The smallest absolute Gasteiger partial charge is 0.273 e. The third kappa shape index (κ3) is 3.29. The number of oxazole rings is 1. The van der Waals surface area contributed by atoms with E-state index in [9.17, 15) is 13.2 Å². The normalized spacial score (nSPS) is 22.9. The van der Waals surface area contributed by atoms with Crippen LogP contribution in [0.4, 0.5) is 0 Å². The van der Waals surface area contributed by atoms with Crippen molar-refractivity contribution in [3.63, 3.8) is 0 Å². The van der Waals surface area contributed by atoms with Crippen molar-refractivity contribution in [1.29, 1.82) is 0 Å². The number of aryl methyl sites for hydroxylation is 1. The van der Waals surface area contributed by atoms with Crippen molar-refractivity contribution in [2.24, 2.45) is 0 Å². The second-order valence-electron chi connectivity index (χ2n) is 6.15. The summed E-state index contributed by atoms with van der Waals surface area (Å²) in [6.07, 6.45) is 0.406. The van der Waals surface area contributed by atoms with E-state index in [-0.39, 0.29) is 17.2 Å². The largest absolute Gasteiger partial charge is 0.441 e. The fourth-order valence-corrected chi connectivity index (χ4v) is 4.85. The Morgan fingerprint density at radius 2 is 2.00 bits per heavy atom. The molecule has 1 fully saturated rings. The average molecular weight is 334 g/mol. The van der Waals surface area contributed by atoms with Crippen molar-refractivity contribution < 1.29 is 17.6 Å². The lowest BCUT2D eigenvalue weighted by Crippen LogP contribution is -2.47. The van der Waals surface area contributed by atoms with Crippen LogP contribution in [-0.2, 0) is 9.84 Å². The summed E-state index contributed by atoms with van der Waals surface area (Å²) in [6.45, 7) is 3.41. The van der Waals surface area contributed by atoms with E-state index in [2.05, 4.69) is 10.3 Å². The number of aromatic nitrogens is 1. The number of carbonyl (C=O) groups is 1. The summed E-state index contributed by atoms with van der Waals surface area (Å²) in [7, 11) is -3.09. The van der Waals surface area contributed by atoms with Gasteiger partial charge in [-0.3, -0.25) is 4.79 Å². The van der Waals surface area contributed by atoms with Gasteiger partial charge in [0.1, 0.15) is 5.76 Å². The second kappa shape index (κ2) is 5.49. The van der Waals surface area contributed by atoms with Crippen LogP contribution in [0.2, 0.25) is 0 Å². The van der Waals surface area contributed by atoms with Gasteiger partial charge in [-0.05, 0) is 32.4 Å². The molecule has 1 aromatic heterocycles. The van der Waals surface area contributed by atoms with Crippen molar-refractivity contribution in [3.8, 4) is 11.5 Å². The Bertz CT molecular complexity index is 842. The quantitative estimate of drug-likeness (QED) is 0.927. The SMILES string of the molecule is Cc1oc(-c2ccccc2)nc1C(=O)NC1(C)CCS(=O)(=O)C1. The van der Waals surface area contributed by atoms with E-state index in [1.807, 2.05) is 30.3 Å². The van der Waals surface area contributed by atoms with Gasteiger partial charge in [0.25, 0.3) is 5.91 Å². The summed E-state index contributed by atoms with van der Waals surface area (Å²) in [6, 6.07) is 9.29. The maximum absolute atomic E-state index is 12.5. The van der Waals surface area contributed by atoms with Crippen LogP contribution < -0.4 is 5.32 Å². The summed E-state index contributed by atoms with van der Waals surface area (Å²) in [5.74, 6) is 0.418. The average Bonchev–Trinajstić information content (AvgIpc) is 3.00. The van der Waals surface area contributed by atoms with Crippen molar-refractivity contribution >= 4 is 15.7 Å². The molecule has 3 rings (SSSR count). The summed E-state index contributed by atoms with van der Waals surface area (Å²) >= 11 is 0. The van der Waals surface area contributed by atoms with Gasteiger partial charge in [0, 0.05) is 5.56 Å². The second-order valence-corrected chi connectivity index (χ2v) is 8.33. The van der Waals surface area contributed by atoms with E-state index in [0.29, 0.717) is 18.1 Å². The lowest BCUT2D eigenvalue weighted by molar-refractivity contribution is 0.0909. The minimum absolute atomic E-state index is 0.0474. The van der Waals surface area contributed by atoms with E-state index in [4.69, 9.17) is 4.42 Å². The zero-order valence-corrected chi connectivity index (χ0v) is 13.8. The standard InChI is InChI=1S/C16H18N2O4S/c1-11-13(17-15(22-11)12-6-4-3-5-7-12)14(19)18-16(2)8-9-23(20,21)10-16/h3-7H,8-10H2,1-2H3,(H,18,19). The third-order valence-electron chi connectivity index (χ3n) is 3.95. The highest BCUT2D eigenvalue weighted by Crippen LogP contribution is 2.25. The van der Waals surface area contributed by atoms with Crippen LogP contribution in [0, 0.1) is 6.92 Å². The van der Waals surface area contributed by atoms with Crippen LogP contribution in [0.5, 0.6) is 0 Å². The van der Waals surface area contributed by atoms with Gasteiger partial charge in [0.2, 0.25) is 5.89 Å². The van der Waals surface area contributed by atoms with Gasteiger partial charge in [-0.2, -0.15) is 0 Å². The maximum atomic E-state index is 12.5. The molecule has 1 saturated heterocycles. The van der Waals surface area contributed by atoms with Crippen LogP contribution >= 0.6 is 0 Å². The van der Waals surface area contributed by atoms with Gasteiger partial charge in [-0.15, -0.1) is 0 Å². The van der Waals surface area contributed by atoms with Crippen LogP contribution in [-0.4, -0.2) is 36.4 Å². The molecule has 1 aliphatic rings. The molecule has 1 aliphatic heterocycles. The van der Waals surface area contributed by atoms with Gasteiger partial charge in [0.05, 0.1) is 17.0 Å². The Balaban J connectivity index is 1.82. The Morgan fingerprint density at radius 1 is 1.30 bits per heavy atom. The van der Waals surface area contributed by atoms with Gasteiger partial charge in [0.15, 0.2) is 15.5 Å². The molecular formula is C16H18N2O4S. The fraction of sp³-hybridized carbons (Fsp3) is 0.375. The number of benzene rings is 1. The van der Waals surface area contributed by atoms with Gasteiger partial charge in [-0.25, -0.2) is 13.4 Å². The van der Waals surface area contributed by atoms with Gasteiger partial charge in [-0.1, -0.05) is 18.2 Å². The number of sulfone groups is 1. The van der Waals surface area contributed by atoms with E-state index >= 15 is 0 Å². The molecule has 6 nitrogen and oxygen atoms in total. The molecule has 0 bridgehead atoms. The van der Waals surface area contributed by atoms with Crippen LogP contribution in [0.25, 0.3) is 11.5 Å². The highest BCUT2D eigenvalue weighted by atomic mass is 32.2. The predicted octanol–water partition coefficient (Wildman–Crippen LogP) is 1.96. The predicted molar refractivity (Wildman–Crippen MR) is 85.8 cm³/mol. The topological polar surface area (TPSA) is 89.3 Å². The molecule has 1 atom stereocenters. The first-order chi connectivity index (χ1) is 10.8. The highest BCUT2D eigenvalue weighted by Gasteiger charge is 2.40. The first-order valence-electron chi connectivity index (χ1n) is 7.34. The summed E-state index contributed by atoms with van der Waals surface area (Å²) < 4.78 is 28.8. The summed E-state index contributed by atoms with van der Waals surface area (Å²) in [4.78, 5) is 16.7. The number of rotatable bonds is 3. The van der Waals surface area contributed by atoms with Crippen molar-refractivity contribution in [2.75, 3.05) is 11.5 Å². The number of nitrogens with one attached hydrogen (secondary N) is 1. The Labute approximate surface area is 134 Å². The van der Waals surface area contributed by atoms with Gasteiger partial charge < -0.3 is 9.73 Å². The molecule has 1 unspecified atom stereocenters. The van der Waals surface area contributed by atoms with E-state index in [0.717, 1.165) is 5.56 Å². The monoisotopic (exact) mass is 334 g/mol. The third-order valence-corrected chi connectivity index (χ3v) is 5.85. The Kier molecular flexibility index (Phi) is 3.75. The molecule has 1 amide bonds. The minimum atomic E-state index is -3.09. The molecule has 23 heavy (non-hydrogen) atoms. The van der Waals surface area contributed by atoms with Crippen molar-refractivity contribution in [2.45, 2.75) is 25.8 Å². The fourth-order valence-electron chi connectivity index (χ4n) is 2.75. The maximum Gasteiger partial charge on any atom is 0.273 e.